The molecule has 1 aromatic carbocycles. The molecule has 4 nitrogen and oxygen atoms in total. The van der Waals surface area contributed by atoms with Crippen LogP contribution in [0.25, 0.3) is 6.08 Å². The van der Waals surface area contributed by atoms with Crippen molar-refractivity contribution in [1.82, 2.24) is 0 Å². The first kappa shape index (κ1) is 18.7. The molecule has 132 valence electrons. The van der Waals surface area contributed by atoms with Crippen LogP contribution in [0.3, 0.4) is 0 Å². The van der Waals surface area contributed by atoms with Gasteiger partial charge in [0, 0.05) is 32.6 Å². The molecule has 0 aliphatic heterocycles. The number of hydrogen-bond donors (Lipinski definition) is 1. The summed E-state index contributed by atoms with van der Waals surface area (Å²) in [5, 5.41) is 10.1. The van der Waals surface area contributed by atoms with E-state index in [-0.39, 0.29) is 41.2 Å². The van der Waals surface area contributed by atoms with Gasteiger partial charge in [0.25, 0.3) is 0 Å². The fourth-order valence-electron chi connectivity index (χ4n) is 2.83. The van der Waals surface area contributed by atoms with Crippen molar-refractivity contribution in [3.05, 3.63) is 59.4 Å². The highest BCUT2D eigenvalue weighted by Gasteiger charge is 2.37. The zero-order valence-corrected chi connectivity index (χ0v) is 15.2. The van der Waals surface area contributed by atoms with Crippen molar-refractivity contribution in [1.29, 1.82) is 0 Å². The van der Waals surface area contributed by atoms with Crippen molar-refractivity contribution >= 4 is 23.3 Å². The molecule has 1 aliphatic rings. The van der Waals surface area contributed by atoms with Gasteiger partial charge in [-0.05, 0) is 29.2 Å². The summed E-state index contributed by atoms with van der Waals surface area (Å²) in [7, 11) is 3.97. The van der Waals surface area contributed by atoms with Gasteiger partial charge in [0.2, 0.25) is 0 Å². The summed E-state index contributed by atoms with van der Waals surface area (Å²) in [6, 6.07) is 8.02. The van der Waals surface area contributed by atoms with E-state index in [1.807, 2.05) is 63.2 Å². The molecule has 0 saturated heterocycles. The second kappa shape index (κ2) is 7.51. The van der Waals surface area contributed by atoms with Crippen molar-refractivity contribution in [2.24, 2.45) is 5.41 Å². The molecule has 0 aromatic heterocycles. The van der Waals surface area contributed by atoms with E-state index in [2.05, 4.69) is 0 Å². The minimum atomic E-state index is -0.333. The summed E-state index contributed by atoms with van der Waals surface area (Å²) in [6.45, 7) is 3.77. The number of aliphatic hydroxyl groups excluding tert-OH is 1. The molecule has 1 aromatic rings. The first-order valence-electron chi connectivity index (χ1n) is 8.31. The van der Waals surface area contributed by atoms with Gasteiger partial charge in [-0.15, -0.1) is 0 Å². The summed E-state index contributed by atoms with van der Waals surface area (Å²) in [5.74, 6) is -0.823. The van der Waals surface area contributed by atoms with Crippen molar-refractivity contribution < 1.29 is 14.7 Å². The molecule has 2 rings (SSSR count). The maximum atomic E-state index is 12.1. The Kier molecular flexibility index (Phi) is 5.62. The zero-order valence-electron chi connectivity index (χ0n) is 15.2. The molecule has 0 amide bonds. The van der Waals surface area contributed by atoms with Gasteiger partial charge in [0.05, 0.1) is 0 Å². The number of allylic oxidation sites excluding steroid dienone is 4. The van der Waals surface area contributed by atoms with Crippen LogP contribution in [-0.2, 0) is 9.59 Å². The van der Waals surface area contributed by atoms with Gasteiger partial charge in [0.1, 0.15) is 11.3 Å². The Morgan fingerprint density at radius 3 is 2.12 bits per heavy atom. The number of nitrogens with zero attached hydrogens (tertiary/aromatic N) is 1. The fourth-order valence-corrected chi connectivity index (χ4v) is 2.83. The van der Waals surface area contributed by atoms with Gasteiger partial charge < -0.3 is 10.0 Å². The standard InChI is InChI=1S/C21H25NO3/c1-21(2)13-18(24)20(19(25)14-21)17(23)8-6-5-7-15-9-11-16(12-10-15)22(3)4/h5-12,23H,13-14H2,1-4H3/b7-5+,8-6+. The summed E-state index contributed by atoms with van der Waals surface area (Å²) >= 11 is 0. The lowest BCUT2D eigenvalue weighted by Crippen LogP contribution is -2.32. The predicted molar refractivity (Wildman–Crippen MR) is 102 cm³/mol. The Bertz CT molecular complexity index is 728. The Morgan fingerprint density at radius 1 is 1.04 bits per heavy atom. The number of hydrogen-bond acceptors (Lipinski definition) is 4. The molecule has 1 saturated carbocycles. The van der Waals surface area contributed by atoms with E-state index in [1.54, 1.807) is 12.2 Å². The summed E-state index contributed by atoms with van der Waals surface area (Å²) in [5.41, 5.74) is 1.74. The molecule has 0 spiro atoms. The van der Waals surface area contributed by atoms with Gasteiger partial charge in [-0.2, -0.15) is 0 Å². The van der Waals surface area contributed by atoms with Gasteiger partial charge in [0.15, 0.2) is 11.6 Å². The third-order valence-corrected chi connectivity index (χ3v) is 4.16. The van der Waals surface area contributed by atoms with Gasteiger partial charge in [-0.3, -0.25) is 9.59 Å². The molecule has 0 atom stereocenters. The monoisotopic (exact) mass is 339 g/mol. The highest BCUT2D eigenvalue weighted by molar-refractivity contribution is 6.22. The average molecular weight is 339 g/mol. The van der Waals surface area contributed by atoms with E-state index in [9.17, 15) is 14.7 Å². The lowest BCUT2D eigenvalue weighted by molar-refractivity contribution is -0.127. The molecular formula is C21H25NO3. The summed E-state index contributed by atoms with van der Waals surface area (Å²) in [4.78, 5) is 26.2. The molecule has 1 fully saturated rings. The first-order chi connectivity index (χ1) is 11.7. The molecule has 4 heteroatoms. The van der Waals surface area contributed by atoms with Gasteiger partial charge >= 0.3 is 0 Å². The normalized spacial score (nSPS) is 17.5. The SMILES string of the molecule is CN(C)c1ccc(/C=C/C=C/C(O)=C2C(=O)CC(C)(C)CC2=O)cc1. The summed E-state index contributed by atoms with van der Waals surface area (Å²) < 4.78 is 0. The first-order valence-corrected chi connectivity index (χ1v) is 8.31. The van der Waals surface area contributed by atoms with Crippen LogP contribution in [0.1, 0.15) is 32.3 Å². The van der Waals surface area contributed by atoms with Crippen LogP contribution in [-0.4, -0.2) is 30.8 Å². The topological polar surface area (TPSA) is 57.6 Å². The third kappa shape index (κ3) is 4.92. The smallest absolute Gasteiger partial charge is 0.170 e. The van der Waals surface area contributed by atoms with Gasteiger partial charge in [-0.1, -0.05) is 44.2 Å². The lowest BCUT2D eigenvalue weighted by Gasteiger charge is -2.28. The van der Waals surface area contributed by atoms with Crippen LogP contribution >= 0.6 is 0 Å². The number of rotatable bonds is 4. The number of aliphatic hydroxyl groups is 1. The van der Waals surface area contributed by atoms with Crippen molar-refractivity contribution in [3.8, 4) is 0 Å². The minimum absolute atomic E-state index is 0.0701. The van der Waals surface area contributed by atoms with E-state index in [0.29, 0.717) is 0 Å². The third-order valence-electron chi connectivity index (χ3n) is 4.16. The molecule has 1 aliphatic carbocycles. The highest BCUT2D eigenvalue weighted by Crippen LogP contribution is 2.34. The Hall–Kier alpha value is -2.62. The predicted octanol–water partition coefficient (Wildman–Crippen LogP) is 4.09. The minimum Gasteiger partial charge on any atom is -0.507 e. The van der Waals surface area contributed by atoms with E-state index in [1.165, 1.54) is 6.08 Å². The van der Waals surface area contributed by atoms with Crippen LogP contribution in [0.5, 0.6) is 0 Å². The largest absolute Gasteiger partial charge is 0.507 e. The molecule has 0 bridgehead atoms. The van der Waals surface area contributed by atoms with Gasteiger partial charge in [-0.25, -0.2) is 0 Å². The second-order valence-electron chi connectivity index (χ2n) is 7.33. The molecule has 0 unspecified atom stereocenters. The van der Waals surface area contributed by atoms with E-state index >= 15 is 0 Å². The summed E-state index contributed by atoms with van der Waals surface area (Å²) in [6.07, 6.45) is 7.24. The van der Waals surface area contributed by atoms with Crippen LogP contribution < -0.4 is 4.90 Å². The number of benzene rings is 1. The number of ketones is 2. The second-order valence-corrected chi connectivity index (χ2v) is 7.33. The Morgan fingerprint density at radius 2 is 1.60 bits per heavy atom. The molecule has 0 heterocycles. The number of carbonyl (C=O) groups is 2. The molecule has 0 radical (unpaired) electrons. The van der Waals surface area contributed by atoms with Crippen molar-refractivity contribution in [3.63, 3.8) is 0 Å². The van der Waals surface area contributed by atoms with Crippen LogP contribution in [0.4, 0.5) is 5.69 Å². The number of carbonyl (C=O) groups excluding carboxylic acids is 2. The Balaban J connectivity index is 2.08. The maximum absolute atomic E-state index is 12.1. The van der Waals surface area contributed by atoms with E-state index in [4.69, 9.17) is 0 Å². The lowest BCUT2D eigenvalue weighted by atomic mass is 9.74. The highest BCUT2D eigenvalue weighted by atomic mass is 16.3. The van der Waals surface area contributed by atoms with Crippen LogP contribution in [0, 0.1) is 5.41 Å². The van der Waals surface area contributed by atoms with Crippen LogP contribution in [0.15, 0.2) is 53.8 Å². The van der Waals surface area contributed by atoms with E-state index in [0.717, 1.165) is 11.3 Å². The Labute approximate surface area is 149 Å². The number of Topliss-reactive ketones (excluding diaryl/α,β-unsaturated/α-hetero) is 2. The molecule has 25 heavy (non-hydrogen) atoms. The number of anilines is 1. The molecule has 1 N–H and O–H groups in total. The van der Waals surface area contributed by atoms with E-state index < -0.39 is 0 Å². The average Bonchev–Trinajstić information content (AvgIpc) is 2.50. The maximum Gasteiger partial charge on any atom is 0.170 e. The molecular weight excluding hydrogens is 314 g/mol. The zero-order chi connectivity index (χ0) is 18.6. The van der Waals surface area contributed by atoms with Crippen molar-refractivity contribution in [2.75, 3.05) is 19.0 Å². The fraction of sp³-hybridized carbons (Fsp3) is 0.333. The van der Waals surface area contributed by atoms with Crippen molar-refractivity contribution in [2.45, 2.75) is 26.7 Å². The quantitative estimate of drug-likeness (QED) is 0.388. The van der Waals surface area contributed by atoms with Crippen LogP contribution in [0.2, 0.25) is 0 Å².